The lowest BCUT2D eigenvalue weighted by Crippen LogP contribution is -2.37. The topological polar surface area (TPSA) is 103 Å². The van der Waals surface area contributed by atoms with Crippen LogP contribution in [-0.4, -0.2) is 29.8 Å². The summed E-state index contributed by atoms with van der Waals surface area (Å²) in [4.78, 5) is 23.7. The highest BCUT2D eigenvalue weighted by Gasteiger charge is 2.30. The van der Waals surface area contributed by atoms with Crippen molar-refractivity contribution in [3.05, 3.63) is 71.8 Å². The van der Waals surface area contributed by atoms with E-state index in [1.54, 1.807) is 18.2 Å². The summed E-state index contributed by atoms with van der Waals surface area (Å²) < 4.78 is 38.1. The van der Waals surface area contributed by atoms with E-state index in [-0.39, 0.29) is 11.4 Å². The van der Waals surface area contributed by atoms with Crippen molar-refractivity contribution in [2.45, 2.75) is 6.18 Å². The average molecular weight is 430 g/mol. The molecule has 0 radical (unpaired) electrons. The number of hydrazone groups is 1. The second-order valence-electron chi connectivity index (χ2n) is 6.40. The fraction of sp³-hybridized carbons (Fsp3) is 0.0952. The number of urea groups is 1. The van der Waals surface area contributed by atoms with E-state index in [9.17, 15) is 27.9 Å². The van der Waals surface area contributed by atoms with Crippen LogP contribution in [0.5, 0.6) is 5.75 Å². The fourth-order valence-corrected chi connectivity index (χ4v) is 2.74. The minimum absolute atomic E-state index is 0.0183. The second-order valence-corrected chi connectivity index (χ2v) is 6.40. The van der Waals surface area contributed by atoms with Gasteiger partial charge in [0.2, 0.25) is 0 Å². The molecule has 0 aliphatic rings. The largest absolute Gasteiger partial charge is 0.507 e. The van der Waals surface area contributed by atoms with Gasteiger partial charge in [-0.2, -0.15) is 18.3 Å². The van der Waals surface area contributed by atoms with Crippen molar-refractivity contribution < 1.29 is 27.9 Å². The van der Waals surface area contributed by atoms with Crippen LogP contribution >= 0.6 is 0 Å². The number of rotatable bonds is 5. The maximum Gasteiger partial charge on any atom is 0.416 e. The molecule has 10 heteroatoms. The van der Waals surface area contributed by atoms with Crippen molar-refractivity contribution in [2.24, 2.45) is 5.10 Å². The van der Waals surface area contributed by atoms with E-state index < -0.39 is 30.2 Å². The van der Waals surface area contributed by atoms with Crippen LogP contribution in [0.3, 0.4) is 0 Å². The molecule has 3 amide bonds. The van der Waals surface area contributed by atoms with Crippen LogP contribution in [0.15, 0.2) is 65.8 Å². The predicted molar refractivity (Wildman–Crippen MR) is 110 cm³/mol. The first kappa shape index (κ1) is 21.6. The Bertz CT molecular complexity index is 1150. The van der Waals surface area contributed by atoms with E-state index in [4.69, 9.17) is 0 Å². The zero-order valence-electron chi connectivity index (χ0n) is 15.9. The smallest absolute Gasteiger partial charge is 0.416 e. The third kappa shape index (κ3) is 5.72. The summed E-state index contributed by atoms with van der Waals surface area (Å²) >= 11 is 0. The van der Waals surface area contributed by atoms with Crippen molar-refractivity contribution in [3.8, 4) is 5.75 Å². The first-order chi connectivity index (χ1) is 14.7. The number of halogens is 3. The Morgan fingerprint density at radius 1 is 1.03 bits per heavy atom. The summed E-state index contributed by atoms with van der Waals surface area (Å²) in [5.41, 5.74) is 1.63. The highest BCUT2D eigenvalue weighted by Crippen LogP contribution is 2.30. The van der Waals surface area contributed by atoms with E-state index in [0.29, 0.717) is 5.56 Å². The number of hydrogen-bond donors (Lipinski definition) is 4. The van der Waals surface area contributed by atoms with Gasteiger partial charge in [-0.1, -0.05) is 36.4 Å². The summed E-state index contributed by atoms with van der Waals surface area (Å²) in [6.45, 7) is -0.469. The number of aromatic hydroxyl groups is 1. The van der Waals surface area contributed by atoms with Gasteiger partial charge in [0.05, 0.1) is 11.8 Å². The summed E-state index contributed by atoms with van der Waals surface area (Å²) in [6, 6.07) is 13.8. The highest BCUT2D eigenvalue weighted by atomic mass is 19.4. The Hall–Kier alpha value is -4.08. The molecule has 0 aliphatic heterocycles. The van der Waals surface area contributed by atoms with Gasteiger partial charge in [0.1, 0.15) is 12.3 Å². The van der Waals surface area contributed by atoms with Crippen molar-refractivity contribution in [2.75, 3.05) is 11.9 Å². The number of phenols is 1. The van der Waals surface area contributed by atoms with Gasteiger partial charge in [-0.3, -0.25) is 4.79 Å². The number of amides is 3. The van der Waals surface area contributed by atoms with E-state index in [1.165, 1.54) is 18.3 Å². The number of phenolic OH excluding ortho intramolecular Hbond substituents is 1. The Balaban J connectivity index is 1.53. The molecule has 4 N–H and O–H groups in total. The number of fused-ring (bicyclic) bond motifs is 1. The molecule has 0 fully saturated rings. The van der Waals surface area contributed by atoms with Crippen LogP contribution in [0, 0.1) is 0 Å². The lowest BCUT2D eigenvalue weighted by atomic mass is 10.0. The molecule has 0 atom stereocenters. The average Bonchev–Trinajstić information content (AvgIpc) is 2.73. The van der Waals surface area contributed by atoms with Gasteiger partial charge in [0, 0.05) is 11.3 Å². The van der Waals surface area contributed by atoms with Gasteiger partial charge in [0.15, 0.2) is 0 Å². The molecule has 3 aromatic carbocycles. The first-order valence-electron chi connectivity index (χ1n) is 8.99. The molecule has 0 spiro atoms. The quantitative estimate of drug-likeness (QED) is 0.365. The van der Waals surface area contributed by atoms with Gasteiger partial charge in [-0.05, 0) is 35.0 Å². The summed E-state index contributed by atoms with van der Waals surface area (Å²) in [5, 5.41) is 19.8. The molecule has 7 nitrogen and oxygen atoms in total. The van der Waals surface area contributed by atoms with E-state index in [0.717, 1.165) is 29.0 Å². The van der Waals surface area contributed by atoms with Crippen LogP contribution in [0.25, 0.3) is 10.8 Å². The van der Waals surface area contributed by atoms with E-state index >= 15 is 0 Å². The van der Waals surface area contributed by atoms with Crippen molar-refractivity contribution in [1.29, 1.82) is 0 Å². The molecule has 0 unspecified atom stereocenters. The zero-order chi connectivity index (χ0) is 22.4. The van der Waals surface area contributed by atoms with Gasteiger partial charge < -0.3 is 15.7 Å². The maximum atomic E-state index is 12.7. The molecule has 0 saturated heterocycles. The molecular formula is C21H17F3N4O3. The third-order valence-electron chi connectivity index (χ3n) is 4.19. The minimum atomic E-state index is -4.54. The molecule has 0 aromatic heterocycles. The SMILES string of the molecule is O=C(CNC(=O)Nc1cccc(C(F)(F)F)c1)N/N=C/c1c(O)ccc2ccccc12. The zero-order valence-corrected chi connectivity index (χ0v) is 15.9. The van der Waals surface area contributed by atoms with E-state index in [1.807, 2.05) is 12.1 Å². The lowest BCUT2D eigenvalue weighted by Gasteiger charge is -2.10. The molecule has 0 bridgehead atoms. The van der Waals surface area contributed by atoms with Gasteiger partial charge in [-0.15, -0.1) is 0 Å². The molecule has 0 aliphatic carbocycles. The Morgan fingerprint density at radius 2 is 1.81 bits per heavy atom. The number of hydrogen-bond acceptors (Lipinski definition) is 4. The lowest BCUT2D eigenvalue weighted by molar-refractivity contribution is -0.137. The third-order valence-corrected chi connectivity index (χ3v) is 4.19. The Morgan fingerprint density at radius 3 is 2.58 bits per heavy atom. The van der Waals surface area contributed by atoms with Crippen LogP contribution < -0.4 is 16.1 Å². The van der Waals surface area contributed by atoms with Crippen LogP contribution in [0.4, 0.5) is 23.7 Å². The van der Waals surface area contributed by atoms with Gasteiger partial charge in [-0.25, -0.2) is 10.2 Å². The van der Waals surface area contributed by atoms with Crippen molar-refractivity contribution in [3.63, 3.8) is 0 Å². The van der Waals surface area contributed by atoms with Gasteiger partial charge >= 0.3 is 12.2 Å². The van der Waals surface area contributed by atoms with Gasteiger partial charge in [0.25, 0.3) is 5.91 Å². The second kappa shape index (κ2) is 9.16. The minimum Gasteiger partial charge on any atom is -0.507 e. The van der Waals surface area contributed by atoms with Crippen LogP contribution in [0.1, 0.15) is 11.1 Å². The van der Waals surface area contributed by atoms with Crippen LogP contribution in [-0.2, 0) is 11.0 Å². The molecule has 0 heterocycles. The van der Waals surface area contributed by atoms with Crippen molar-refractivity contribution in [1.82, 2.24) is 10.7 Å². The molecule has 3 rings (SSSR count). The number of benzene rings is 3. The summed E-state index contributed by atoms with van der Waals surface area (Å²) in [7, 11) is 0. The number of alkyl halides is 3. The number of nitrogens with one attached hydrogen (secondary N) is 3. The fourth-order valence-electron chi connectivity index (χ4n) is 2.74. The monoisotopic (exact) mass is 430 g/mol. The van der Waals surface area contributed by atoms with Crippen molar-refractivity contribution >= 4 is 34.6 Å². The number of nitrogens with zero attached hydrogens (tertiary/aromatic N) is 1. The number of carbonyl (C=O) groups excluding carboxylic acids is 2. The normalized spacial score (nSPS) is 11.5. The number of anilines is 1. The Labute approximate surface area is 174 Å². The summed E-state index contributed by atoms with van der Waals surface area (Å²) in [6.07, 6.45) is -3.26. The standard InChI is InChI=1S/C21H17F3N4O3/c22-21(23,24)14-5-3-6-15(10-14)27-20(31)25-12-19(30)28-26-11-17-16-7-2-1-4-13(16)8-9-18(17)29/h1-11,29H,12H2,(H,28,30)(H2,25,27,31)/b26-11+. The van der Waals surface area contributed by atoms with E-state index in [2.05, 4.69) is 21.2 Å². The maximum absolute atomic E-state index is 12.7. The highest BCUT2D eigenvalue weighted by molar-refractivity contribution is 6.02. The molecule has 0 saturated carbocycles. The first-order valence-corrected chi connectivity index (χ1v) is 8.99. The Kier molecular flexibility index (Phi) is 6.39. The summed E-state index contributed by atoms with van der Waals surface area (Å²) in [5.74, 6) is -0.689. The predicted octanol–water partition coefficient (Wildman–Crippen LogP) is 3.84. The number of carbonyl (C=O) groups is 2. The van der Waals surface area contributed by atoms with Crippen LogP contribution in [0.2, 0.25) is 0 Å². The molecule has 160 valence electrons. The molecular weight excluding hydrogens is 413 g/mol. The molecule has 31 heavy (non-hydrogen) atoms. The molecule has 3 aromatic rings.